The lowest BCUT2D eigenvalue weighted by atomic mass is 9.80. The van der Waals surface area contributed by atoms with E-state index in [1.807, 2.05) is 0 Å². The number of hydrogen-bond donors (Lipinski definition) is 0. The molecule has 0 aromatic carbocycles. The molecule has 2 aliphatic heterocycles. The highest BCUT2D eigenvalue weighted by Crippen LogP contribution is 2.45. The van der Waals surface area contributed by atoms with Crippen LogP contribution in [0.4, 0.5) is 0 Å². The zero-order valence-corrected chi connectivity index (χ0v) is 14.0. The first-order valence-electron chi connectivity index (χ1n) is 8.43. The van der Waals surface area contributed by atoms with Crippen LogP contribution in [0.15, 0.2) is 18.5 Å². The molecule has 1 spiro atoms. The van der Waals surface area contributed by atoms with E-state index in [-0.39, 0.29) is 11.7 Å². The molecule has 3 heterocycles. The third-order valence-electron chi connectivity index (χ3n) is 5.78. The number of sulfone groups is 1. The normalized spacial score (nSPS) is 29.1. The summed E-state index contributed by atoms with van der Waals surface area (Å²) in [5.41, 5.74) is 0. The molecular formula is C16H23N3O3S. The molecule has 7 heteroatoms. The fourth-order valence-electron chi connectivity index (χ4n) is 4.12. The van der Waals surface area contributed by atoms with Gasteiger partial charge in [-0.2, -0.15) is 0 Å². The van der Waals surface area contributed by atoms with E-state index in [9.17, 15) is 8.42 Å². The maximum atomic E-state index is 12.6. The highest BCUT2D eigenvalue weighted by Gasteiger charge is 2.61. The van der Waals surface area contributed by atoms with E-state index >= 15 is 0 Å². The van der Waals surface area contributed by atoms with Gasteiger partial charge >= 0.3 is 6.01 Å². The molecule has 1 atom stereocenters. The van der Waals surface area contributed by atoms with E-state index in [2.05, 4.69) is 14.9 Å². The Kier molecular flexibility index (Phi) is 3.80. The van der Waals surface area contributed by atoms with Gasteiger partial charge in [0.15, 0.2) is 9.84 Å². The predicted octanol–water partition coefficient (Wildman–Crippen LogP) is 1.14. The number of ether oxygens (including phenoxy) is 1. The predicted molar refractivity (Wildman–Crippen MR) is 85.9 cm³/mol. The molecule has 0 N–H and O–H groups in total. The molecule has 0 bridgehead atoms. The molecule has 0 unspecified atom stereocenters. The molecule has 126 valence electrons. The van der Waals surface area contributed by atoms with Crippen molar-refractivity contribution in [2.24, 2.45) is 11.8 Å². The smallest absolute Gasteiger partial charge is 0.316 e. The SMILES string of the molecule is O=S1(=O)CC[C@H](COc2ncccn2)C12CN(CC1CCC1)C2. The molecular weight excluding hydrogens is 314 g/mol. The van der Waals surface area contributed by atoms with Gasteiger partial charge in [-0.15, -0.1) is 0 Å². The van der Waals surface area contributed by atoms with Gasteiger partial charge in [-0.05, 0) is 31.2 Å². The van der Waals surface area contributed by atoms with E-state index in [1.54, 1.807) is 18.5 Å². The van der Waals surface area contributed by atoms with E-state index < -0.39 is 14.6 Å². The summed E-state index contributed by atoms with van der Waals surface area (Å²) in [6.07, 6.45) is 7.88. The summed E-state index contributed by atoms with van der Waals surface area (Å²) in [4.78, 5) is 10.4. The summed E-state index contributed by atoms with van der Waals surface area (Å²) in [7, 11) is -3.02. The summed E-state index contributed by atoms with van der Waals surface area (Å²) in [6, 6.07) is 2.07. The van der Waals surface area contributed by atoms with Crippen molar-refractivity contribution >= 4 is 9.84 Å². The lowest BCUT2D eigenvalue weighted by Crippen LogP contribution is -2.68. The monoisotopic (exact) mass is 337 g/mol. The van der Waals surface area contributed by atoms with Crippen molar-refractivity contribution in [3.63, 3.8) is 0 Å². The summed E-state index contributed by atoms with van der Waals surface area (Å²) in [5, 5.41) is 0. The Morgan fingerprint density at radius 1 is 1.22 bits per heavy atom. The van der Waals surface area contributed by atoms with Gasteiger partial charge in [0.2, 0.25) is 0 Å². The molecule has 1 aromatic rings. The largest absolute Gasteiger partial charge is 0.463 e. The Balaban J connectivity index is 1.40. The van der Waals surface area contributed by atoms with Crippen molar-refractivity contribution in [3.05, 3.63) is 18.5 Å². The standard InChI is InChI=1S/C16H23N3O3S/c20-23(21)8-5-14(10-22-15-17-6-2-7-18-15)16(23)11-19(12-16)9-13-3-1-4-13/h2,6-7,13-14H,1,3-5,8-12H2/t14-/m1/s1. The Hall–Kier alpha value is -1.21. The van der Waals surface area contributed by atoms with Gasteiger partial charge in [0, 0.05) is 37.9 Å². The van der Waals surface area contributed by atoms with Gasteiger partial charge in [0.1, 0.15) is 4.75 Å². The molecule has 0 amide bonds. The van der Waals surface area contributed by atoms with Crippen LogP contribution in [0, 0.1) is 11.8 Å². The van der Waals surface area contributed by atoms with E-state index in [0.717, 1.165) is 12.5 Å². The second-order valence-electron chi connectivity index (χ2n) is 7.18. The first kappa shape index (κ1) is 15.3. The van der Waals surface area contributed by atoms with Crippen molar-refractivity contribution < 1.29 is 13.2 Å². The second kappa shape index (κ2) is 5.70. The van der Waals surface area contributed by atoms with Gasteiger partial charge < -0.3 is 4.74 Å². The minimum atomic E-state index is -3.02. The van der Waals surface area contributed by atoms with Crippen LogP contribution in [-0.4, -0.2) is 60.0 Å². The van der Waals surface area contributed by atoms with E-state index in [4.69, 9.17) is 4.74 Å². The Bertz CT molecular complexity index is 654. The van der Waals surface area contributed by atoms with Gasteiger partial charge in [-0.1, -0.05) is 6.42 Å². The maximum absolute atomic E-state index is 12.6. The zero-order valence-electron chi connectivity index (χ0n) is 13.2. The number of likely N-dealkylation sites (tertiary alicyclic amines) is 1. The second-order valence-corrected chi connectivity index (χ2v) is 9.63. The average molecular weight is 337 g/mol. The van der Waals surface area contributed by atoms with Gasteiger partial charge in [-0.25, -0.2) is 18.4 Å². The summed E-state index contributed by atoms with van der Waals surface area (Å²) in [5.74, 6) is 1.12. The van der Waals surface area contributed by atoms with E-state index in [0.29, 0.717) is 32.1 Å². The average Bonchev–Trinajstić information content (AvgIpc) is 2.72. The molecule has 1 aliphatic carbocycles. The van der Waals surface area contributed by atoms with Crippen molar-refractivity contribution in [1.29, 1.82) is 0 Å². The highest BCUT2D eigenvalue weighted by molar-refractivity contribution is 7.93. The molecule has 1 aromatic heterocycles. The van der Waals surface area contributed by atoms with Crippen LogP contribution in [0.5, 0.6) is 6.01 Å². The maximum Gasteiger partial charge on any atom is 0.316 e. The summed E-state index contributed by atoms with van der Waals surface area (Å²) < 4.78 is 30.2. The van der Waals surface area contributed by atoms with Crippen molar-refractivity contribution in [2.75, 3.05) is 32.0 Å². The van der Waals surface area contributed by atoms with Crippen LogP contribution in [0.1, 0.15) is 25.7 Å². The molecule has 23 heavy (non-hydrogen) atoms. The lowest BCUT2D eigenvalue weighted by molar-refractivity contribution is 0.0393. The topological polar surface area (TPSA) is 72.4 Å². The van der Waals surface area contributed by atoms with Crippen LogP contribution in [0.3, 0.4) is 0 Å². The van der Waals surface area contributed by atoms with Gasteiger partial charge in [0.25, 0.3) is 0 Å². The van der Waals surface area contributed by atoms with E-state index in [1.165, 1.54) is 19.3 Å². The zero-order chi connectivity index (χ0) is 15.9. The molecule has 3 aliphatic rings. The van der Waals surface area contributed by atoms with Crippen LogP contribution < -0.4 is 4.74 Å². The Morgan fingerprint density at radius 2 is 1.96 bits per heavy atom. The highest BCUT2D eigenvalue weighted by atomic mass is 32.2. The van der Waals surface area contributed by atoms with Crippen molar-refractivity contribution in [2.45, 2.75) is 30.4 Å². The van der Waals surface area contributed by atoms with Crippen LogP contribution >= 0.6 is 0 Å². The quantitative estimate of drug-likeness (QED) is 0.802. The minimum Gasteiger partial charge on any atom is -0.463 e. The van der Waals surface area contributed by atoms with Crippen LogP contribution in [0.25, 0.3) is 0 Å². The number of rotatable bonds is 5. The third-order valence-corrected chi connectivity index (χ3v) is 8.38. The summed E-state index contributed by atoms with van der Waals surface area (Å²) in [6.45, 7) is 2.80. The molecule has 2 saturated heterocycles. The first-order chi connectivity index (χ1) is 11.1. The molecule has 0 radical (unpaired) electrons. The molecule has 4 rings (SSSR count). The Morgan fingerprint density at radius 3 is 2.61 bits per heavy atom. The molecule has 1 saturated carbocycles. The van der Waals surface area contributed by atoms with Crippen molar-refractivity contribution in [1.82, 2.24) is 14.9 Å². The fraction of sp³-hybridized carbons (Fsp3) is 0.750. The number of nitrogens with zero attached hydrogens (tertiary/aromatic N) is 3. The minimum absolute atomic E-state index is 0.0500. The molecule has 3 fully saturated rings. The Labute approximate surface area is 137 Å². The van der Waals surface area contributed by atoms with Crippen LogP contribution in [-0.2, 0) is 9.84 Å². The molecule has 6 nitrogen and oxygen atoms in total. The summed E-state index contributed by atoms with van der Waals surface area (Å²) >= 11 is 0. The van der Waals surface area contributed by atoms with Gasteiger partial charge in [-0.3, -0.25) is 4.90 Å². The fourth-order valence-corrected chi connectivity index (χ4v) is 6.58. The van der Waals surface area contributed by atoms with Crippen molar-refractivity contribution in [3.8, 4) is 6.01 Å². The number of hydrogen-bond acceptors (Lipinski definition) is 6. The first-order valence-corrected chi connectivity index (χ1v) is 10.1. The van der Waals surface area contributed by atoms with Crippen LogP contribution in [0.2, 0.25) is 0 Å². The lowest BCUT2D eigenvalue weighted by Gasteiger charge is -2.51. The third kappa shape index (κ3) is 2.63. The number of aromatic nitrogens is 2. The van der Waals surface area contributed by atoms with Gasteiger partial charge in [0.05, 0.1) is 12.4 Å².